The third-order valence-corrected chi connectivity index (χ3v) is 7.32. The summed E-state index contributed by atoms with van der Waals surface area (Å²) in [6.07, 6.45) is 0.990. The number of fused-ring (bicyclic) bond motifs is 1. The van der Waals surface area contributed by atoms with Crippen LogP contribution in [0, 0.1) is 0 Å². The first-order valence-electron chi connectivity index (χ1n) is 9.75. The second-order valence-corrected chi connectivity index (χ2v) is 9.69. The molecule has 3 aromatic carbocycles. The Balaban J connectivity index is 1.35. The van der Waals surface area contributed by atoms with E-state index in [4.69, 9.17) is 4.99 Å². The zero-order valence-electron chi connectivity index (χ0n) is 16.1. The molecule has 4 nitrogen and oxygen atoms in total. The van der Waals surface area contributed by atoms with Crippen molar-refractivity contribution >= 4 is 62.4 Å². The highest BCUT2D eigenvalue weighted by Crippen LogP contribution is 2.39. The normalized spacial score (nSPS) is 17.9. The van der Waals surface area contributed by atoms with Crippen molar-refractivity contribution in [2.75, 3.05) is 22.5 Å². The molecule has 3 aromatic rings. The molecule has 0 radical (unpaired) electrons. The van der Waals surface area contributed by atoms with Gasteiger partial charge in [-0.2, -0.15) is 0 Å². The van der Waals surface area contributed by atoms with E-state index in [2.05, 4.69) is 42.6 Å². The molecule has 0 spiro atoms. The minimum Gasteiger partial charge on any atom is -0.334 e. The second-order valence-electron chi connectivity index (χ2n) is 7.24. The molecule has 1 amide bonds. The van der Waals surface area contributed by atoms with Crippen LogP contribution in [0.5, 0.6) is 0 Å². The van der Waals surface area contributed by atoms with Gasteiger partial charge in [0.2, 0.25) is 5.91 Å². The first kappa shape index (κ1) is 18.6. The summed E-state index contributed by atoms with van der Waals surface area (Å²) in [4.78, 5) is 21.0. The van der Waals surface area contributed by atoms with E-state index in [0.717, 1.165) is 40.6 Å². The predicted molar refractivity (Wildman–Crippen MR) is 126 cm³/mol. The maximum Gasteiger partial charge on any atom is 0.237 e. The van der Waals surface area contributed by atoms with Crippen LogP contribution in [-0.2, 0) is 4.79 Å². The molecule has 146 valence electrons. The number of nitrogens with one attached hydrogen (secondary N) is 1. The molecule has 5 rings (SSSR count). The van der Waals surface area contributed by atoms with Crippen molar-refractivity contribution in [3.05, 3.63) is 60.7 Å². The van der Waals surface area contributed by atoms with E-state index < -0.39 is 0 Å². The van der Waals surface area contributed by atoms with Gasteiger partial charge >= 0.3 is 0 Å². The number of rotatable bonds is 2. The molecule has 29 heavy (non-hydrogen) atoms. The highest BCUT2D eigenvalue weighted by Gasteiger charge is 2.25. The summed E-state index contributed by atoms with van der Waals surface area (Å²) in [5.74, 6) is 0.482. The van der Waals surface area contributed by atoms with Gasteiger partial charge in [-0.25, -0.2) is 4.99 Å². The average Bonchev–Trinajstić information content (AvgIpc) is 2.90. The molecule has 0 unspecified atom stereocenters. The molecule has 0 saturated heterocycles. The van der Waals surface area contributed by atoms with Crippen LogP contribution in [0.15, 0.2) is 70.6 Å². The summed E-state index contributed by atoms with van der Waals surface area (Å²) in [5.41, 5.74) is 3.03. The van der Waals surface area contributed by atoms with Crippen molar-refractivity contribution < 1.29 is 4.79 Å². The Morgan fingerprint density at radius 3 is 2.90 bits per heavy atom. The number of carbonyl (C=O) groups is 1. The van der Waals surface area contributed by atoms with Crippen LogP contribution in [-0.4, -0.2) is 28.6 Å². The first-order chi connectivity index (χ1) is 14.2. The molecule has 0 bridgehead atoms. The Labute approximate surface area is 178 Å². The van der Waals surface area contributed by atoms with Crippen LogP contribution in [0.25, 0.3) is 10.8 Å². The summed E-state index contributed by atoms with van der Waals surface area (Å²) in [5, 5.41) is 6.98. The SMILES string of the molecule is C[C@@H]1CCN(C(=O)CSC2=Nc3cccc4cccc(c34)N2)c2ccccc2S1. The highest BCUT2D eigenvalue weighted by molar-refractivity contribution is 8.14. The number of nitrogens with zero attached hydrogens (tertiary/aromatic N) is 2. The minimum atomic E-state index is 0.124. The Hall–Kier alpha value is -2.44. The van der Waals surface area contributed by atoms with E-state index in [-0.39, 0.29) is 5.91 Å². The fourth-order valence-electron chi connectivity index (χ4n) is 3.79. The standard InChI is InChI=1S/C23H21N3OS2/c1-15-12-13-26(19-10-2-3-11-20(19)29-15)21(27)14-28-23-24-17-8-4-6-16-7-5-9-18(25-23)22(16)17/h2-11,15H,12-14H2,1H3,(H,24,25)/t15-/m1/s1. The molecule has 1 N–H and O–H groups in total. The van der Waals surface area contributed by atoms with Crippen LogP contribution >= 0.6 is 23.5 Å². The van der Waals surface area contributed by atoms with Crippen LogP contribution in [0.3, 0.4) is 0 Å². The van der Waals surface area contributed by atoms with Crippen LogP contribution in [0.2, 0.25) is 0 Å². The third-order valence-electron chi connectivity index (χ3n) is 5.22. The molecule has 2 heterocycles. The number of hydrogen-bond acceptors (Lipinski definition) is 5. The Kier molecular flexibility index (Phi) is 4.97. The first-order valence-corrected chi connectivity index (χ1v) is 11.6. The van der Waals surface area contributed by atoms with E-state index in [1.807, 2.05) is 47.0 Å². The van der Waals surface area contributed by atoms with E-state index in [9.17, 15) is 4.79 Å². The number of hydrogen-bond donors (Lipinski definition) is 1. The van der Waals surface area contributed by atoms with Crippen molar-refractivity contribution in [2.45, 2.75) is 23.5 Å². The van der Waals surface area contributed by atoms with Crippen molar-refractivity contribution in [3.63, 3.8) is 0 Å². The lowest BCUT2D eigenvalue weighted by Crippen LogP contribution is -2.34. The number of anilines is 2. The Morgan fingerprint density at radius 2 is 2.00 bits per heavy atom. The maximum atomic E-state index is 13.1. The van der Waals surface area contributed by atoms with E-state index in [1.54, 1.807) is 0 Å². The van der Waals surface area contributed by atoms with Crippen molar-refractivity contribution in [1.82, 2.24) is 0 Å². The lowest BCUT2D eigenvalue weighted by Gasteiger charge is -2.23. The molecule has 2 aliphatic heterocycles. The third kappa shape index (κ3) is 3.63. The molecule has 0 fully saturated rings. The Bertz CT molecular complexity index is 1120. The summed E-state index contributed by atoms with van der Waals surface area (Å²) >= 11 is 3.32. The van der Waals surface area contributed by atoms with Gasteiger partial charge in [-0.15, -0.1) is 11.8 Å². The van der Waals surface area contributed by atoms with Crippen molar-refractivity contribution in [2.24, 2.45) is 4.99 Å². The Morgan fingerprint density at radius 1 is 1.17 bits per heavy atom. The molecule has 1 atom stereocenters. The number of amides is 1. The minimum absolute atomic E-state index is 0.124. The zero-order valence-corrected chi connectivity index (χ0v) is 17.7. The molecular weight excluding hydrogens is 398 g/mol. The van der Waals surface area contributed by atoms with Crippen LogP contribution in [0.4, 0.5) is 17.1 Å². The largest absolute Gasteiger partial charge is 0.334 e. The number of thioether (sulfide) groups is 2. The van der Waals surface area contributed by atoms with Gasteiger partial charge in [-0.3, -0.25) is 4.79 Å². The molecule has 0 aliphatic carbocycles. The zero-order chi connectivity index (χ0) is 19.8. The van der Waals surface area contributed by atoms with Gasteiger partial charge in [0.15, 0.2) is 5.17 Å². The summed E-state index contributed by atoms with van der Waals surface area (Å²) in [6, 6.07) is 20.6. The number of para-hydroxylation sites is 1. The maximum absolute atomic E-state index is 13.1. The number of benzene rings is 3. The van der Waals surface area contributed by atoms with Gasteiger partial charge < -0.3 is 10.2 Å². The highest BCUT2D eigenvalue weighted by atomic mass is 32.2. The van der Waals surface area contributed by atoms with Gasteiger partial charge in [-0.1, -0.05) is 55.1 Å². The lowest BCUT2D eigenvalue weighted by atomic mass is 10.1. The smallest absolute Gasteiger partial charge is 0.237 e. The monoisotopic (exact) mass is 419 g/mol. The number of carbonyl (C=O) groups excluding carboxylic acids is 1. The van der Waals surface area contributed by atoms with E-state index >= 15 is 0 Å². The van der Waals surface area contributed by atoms with Crippen LogP contribution < -0.4 is 10.2 Å². The summed E-state index contributed by atoms with van der Waals surface area (Å²) in [6.45, 7) is 2.98. The van der Waals surface area contributed by atoms with Gasteiger partial charge in [0.1, 0.15) is 0 Å². The number of amidine groups is 1. The molecular formula is C23H21N3OS2. The van der Waals surface area contributed by atoms with Crippen molar-refractivity contribution in [3.8, 4) is 0 Å². The number of aliphatic imine (C=N–C) groups is 1. The fraction of sp³-hybridized carbons (Fsp3) is 0.217. The molecule has 0 saturated carbocycles. The second kappa shape index (κ2) is 7.76. The van der Waals surface area contributed by atoms with Crippen LogP contribution in [0.1, 0.15) is 13.3 Å². The lowest BCUT2D eigenvalue weighted by molar-refractivity contribution is -0.116. The van der Waals surface area contributed by atoms with Crippen molar-refractivity contribution in [1.29, 1.82) is 0 Å². The van der Waals surface area contributed by atoms with Gasteiger partial charge in [-0.05, 0) is 36.1 Å². The predicted octanol–water partition coefficient (Wildman–Crippen LogP) is 5.90. The molecule has 2 aliphatic rings. The van der Waals surface area contributed by atoms with Gasteiger partial charge in [0.25, 0.3) is 0 Å². The average molecular weight is 420 g/mol. The summed E-state index contributed by atoms with van der Waals surface area (Å²) in [7, 11) is 0. The van der Waals surface area contributed by atoms with E-state index in [1.165, 1.54) is 22.0 Å². The summed E-state index contributed by atoms with van der Waals surface area (Å²) < 4.78 is 0. The topological polar surface area (TPSA) is 44.7 Å². The fourth-order valence-corrected chi connectivity index (χ4v) is 5.67. The van der Waals surface area contributed by atoms with Gasteiger partial charge in [0.05, 0.1) is 22.8 Å². The quantitative estimate of drug-likeness (QED) is 0.561. The van der Waals surface area contributed by atoms with Gasteiger partial charge in [0, 0.05) is 22.1 Å². The van der Waals surface area contributed by atoms with E-state index in [0.29, 0.717) is 11.0 Å². The molecule has 6 heteroatoms. The molecule has 0 aromatic heterocycles.